The number of esters is 1. The number of fused-ring (bicyclic) bond motifs is 2. The molecule has 1 amide bonds. The fourth-order valence-electron chi connectivity index (χ4n) is 6.37. The molecule has 1 heterocycles. The lowest BCUT2D eigenvalue weighted by atomic mass is 9.88. The van der Waals surface area contributed by atoms with E-state index >= 15 is 0 Å². The van der Waals surface area contributed by atoms with E-state index in [9.17, 15) is 9.59 Å². The maximum absolute atomic E-state index is 13.3. The molecular weight excluding hydrogens is 600 g/mol. The molecule has 0 radical (unpaired) electrons. The number of aryl methyl sites for hydroxylation is 2. The Labute approximate surface area is 285 Å². The quantitative estimate of drug-likeness (QED) is 0.0562. The van der Waals surface area contributed by atoms with E-state index in [0.717, 1.165) is 71.0 Å². The Balaban J connectivity index is 1.60. The zero-order chi connectivity index (χ0) is 34.5. The summed E-state index contributed by atoms with van der Waals surface area (Å²) in [5, 5.41) is 8.21. The van der Waals surface area contributed by atoms with Crippen molar-refractivity contribution in [3.05, 3.63) is 70.1 Å². The smallest absolute Gasteiger partial charge is 0.338 e. The molecule has 1 aliphatic heterocycles. The lowest BCUT2D eigenvalue weighted by molar-refractivity contribution is 0.0601. The molecule has 258 valence electrons. The molecule has 4 rings (SSSR count). The van der Waals surface area contributed by atoms with Crippen molar-refractivity contribution in [1.29, 1.82) is 0 Å². The first-order valence-electron chi connectivity index (χ1n) is 17.8. The third-order valence-electron chi connectivity index (χ3n) is 8.95. The minimum Gasteiger partial charge on any atom is -0.465 e. The normalized spacial score (nSPS) is 11.8. The van der Waals surface area contributed by atoms with Crippen LogP contribution in [-0.4, -0.2) is 45.2 Å². The van der Waals surface area contributed by atoms with Gasteiger partial charge in [-0.05, 0) is 88.0 Å². The topological polar surface area (TPSA) is 119 Å². The van der Waals surface area contributed by atoms with Crippen molar-refractivity contribution in [3.63, 3.8) is 0 Å². The molecule has 2 aliphatic rings. The maximum atomic E-state index is 13.3. The van der Waals surface area contributed by atoms with E-state index in [-0.39, 0.29) is 5.91 Å². The van der Waals surface area contributed by atoms with Crippen LogP contribution in [0.4, 0.5) is 5.69 Å². The number of benzene rings is 3. The van der Waals surface area contributed by atoms with Crippen LogP contribution in [0, 0.1) is 13.8 Å². The van der Waals surface area contributed by atoms with Crippen LogP contribution < -0.4 is 21.7 Å². The SMILES string of the molecule is CCN=c1cc2oc3cc(NCC)c(C)cc3c(-c3ccc(C(=O)NCCCCCCCCCCCCN)cc3C(=O)OC)c-2cc1C. The molecule has 0 unspecified atom stereocenters. The van der Waals surface area contributed by atoms with Crippen molar-refractivity contribution in [2.45, 2.75) is 91.9 Å². The number of nitrogens with zero attached hydrogens (tertiary/aromatic N) is 1. The van der Waals surface area contributed by atoms with Crippen molar-refractivity contribution < 1.29 is 18.7 Å². The predicted molar refractivity (Wildman–Crippen MR) is 197 cm³/mol. The number of anilines is 1. The number of nitrogens with two attached hydrogens (primary N) is 1. The van der Waals surface area contributed by atoms with Gasteiger partial charge in [0.05, 0.1) is 18.0 Å². The highest BCUT2D eigenvalue weighted by atomic mass is 16.5. The maximum Gasteiger partial charge on any atom is 0.338 e. The molecular formula is C40H54N4O4. The summed E-state index contributed by atoms with van der Waals surface area (Å²) < 4.78 is 11.8. The molecule has 48 heavy (non-hydrogen) atoms. The molecule has 0 aromatic heterocycles. The lowest BCUT2D eigenvalue weighted by Crippen LogP contribution is -2.24. The third-order valence-corrected chi connectivity index (χ3v) is 8.95. The lowest BCUT2D eigenvalue weighted by Gasteiger charge is -2.20. The molecule has 0 saturated carbocycles. The van der Waals surface area contributed by atoms with E-state index in [4.69, 9.17) is 14.9 Å². The van der Waals surface area contributed by atoms with E-state index in [1.54, 1.807) is 12.1 Å². The number of nitrogens with one attached hydrogen (secondary N) is 2. The first kappa shape index (κ1) is 36.7. The highest BCUT2D eigenvalue weighted by molar-refractivity contribution is 6.10. The van der Waals surface area contributed by atoms with Gasteiger partial charge in [0.25, 0.3) is 5.91 Å². The second kappa shape index (κ2) is 18.4. The van der Waals surface area contributed by atoms with Crippen molar-refractivity contribution in [1.82, 2.24) is 5.32 Å². The van der Waals surface area contributed by atoms with Crippen LogP contribution >= 0.6 is 0 Å². The number of amides is 1. The van der Waals surface area contributed by atoms with Gasteiger partial charge in [-0.25, -0.2) is 4.79 Å². The number of hydrogen-bond acceptors (Lipinski definition) is 7. The van der Waals surface area contributed by atoms with E-state index in [1.807, 2.05) is 32.0 Å². The van der Waals surface area contributed by atoms with Crippen LogP contribution in [0.1, 0.15) is 110 Å². The average molecular weight is 655 g/mol. The number of carbonyl (C=O) groups is 2. The molecule has 4 N–H and O–H groups in total. The van der Waals surface area contributed by atoms with Gasteiger partial charge in [0.1, 0.15) is 11.3 Å². The summed E-state index contributed by atoms with van der Waals surface area (Å²) in [6.45, 7) is 11.0. The molecule has 0 fully saturated rings. The average Bonchev–Trinajstić information content (AvgIpc) is 3.08. The summed E-state index contributed by atoms with van der Waals surface area (Å²) >= 11 is 0. The van der Waals surface area contributed by atoms with E-state index in [1.165, 1.54) is 52.1 Å². The molecule has 0 spiro atoms. The summed E-state index contributed by atoms with van der Waals surface area (Å²) in [5.41, 5.74) is 12.5. The summed E-state index contributed by atoms with van der Waals surface area (Å²) in [7, 11) is 1.37. The fraction of sp³-hybridized carbons (Fsp3) is 0.475. The number of methoxy groups -OCH3 is 1. The Hall–Kier alpha value is -4.17. The number of rotatable bonds is 18. The second-order valence-corrected chi connectivity index (χ2v) is 12.6. The molecule has 1 aliphatic carbocycles. The van der Waals surface area contributed by atoms with E-state index in [0.29, 0.717) is 41.1 Å². The molecule has 8 nitrogen and oxygen atoms in total. The van der Waals surface area contributed by atoms with Gasteiger partial charge in [0, 0.05) is 59.5 Å². The van der Waals surface area contributed by atoms with Gasteiger partial charge in [0.15, 0.2) is 0 Å². The number of hydrogen-bond donors (Lipinski definition) is 3. The first-order chi connectivity index (χ1) is 23.3. The van der Waals surface area contributed by atoms with Crippen LogP contribution in [0.25, 0.3) is 33.4 Å². The van der Waals surface area contributed by atoms with E-state index < -0.39 is 5.97 Å². The summed E-state index contributed by atoms with van der Waals surface area (Å²) in [6.07, 6.45) is 11.9. The molecule has 0 atom stereocenters. The number of ether oxygens (including phenoxy) is 1. The largest absolute Gasteiger partial charge is 0.465 e. The molecule has 8 heteroatoms. The Kier molecular flexibility index (Phi) is 14.0. The van der Waals surface area contributed by atoms with Gasteiger partial charge in [-0.15, -0.1) is 0 Å². The summed E-state index contributed by atoms with van der Waals surface area (Å²) in [6, 6.07) is 13.4. The van der Waals surface area contributed by atoms with Crippen LogP contribution in [0.3, 0.4) is 0 Å². The predicted octanol–water partition coefficient (Wildman–Crippen LogP) is 8.55. The first-order valence-corrected chi connectivity index (χ1v) is 17.8. The minimum absolute atomic E-state index is 0.199. The highest BCUT2D eigenvalue weighted by Crippen LogP contribution is 2.43. The number of unbranched alkanes of at least 4 members (excludes halogenated alkanes) is 9. The number of carbonyl (C=O) groups excluding carboxylic acids is 2. The zero-order valence-electron chi connectivity index (χ0n) is 29.6. The van der Waals surface area contributed by atoms with Gasteiger partial charge in [-0.3, -0.25) is 9.79 Å². The molecule has 2 aromatic rings. The zero-order valence-corrected chi connectivity index (χ0v) is 29.6. The van der Waals surface area contributed by atoms with Crippen LogP contribution in [0.15, 0.2) is 51.9 Å². The van der Waals surface area contributed by atoms with Gasteiger partial charge >= 0.3 is 5.97 Å². The van der Waals surface area contributed by atoms with Crippen molar-refractivity contribution in [2.24, 2.45) is 10.7 Å². The molecule has 2 aromatic carbocycles. The van der Waals surface area contributed by atoms with Gasteiger partial charge < -0.3 is 25.5 Å². The molecule has 0 bridgehead atoms. The van der Waals surface area contributed by atoms with E-state index in [2.05, 4.69) is 41.6 Å². The van der Waals surface area contributed by atoms with Gasteiger partial charge in [-0.1, -0.05) is 57.4 Å². The fourth-order valence-corrected chi connectivity index (χ4v) is 6.37. The monoisotopic (exact) mass is 654 g/mol. The Morgan fingerprint density at radius 1 is 0.833 bits per heavy atom. The Morgan fingerprint density at radius 3 is 2.17 bits per heavy atom. The van der Waals surface area contributed by atoms with Crippen LogP contribution in [-0.2, 0) is 4.74 Å². The third kappa shape index (κ3) is 9.25. The van der Waals surface area contributed by atoms with Crippen molar-refractivity contribution in [3.8, 4) is 22.5 Å². The molecule has 0 saturated heterocycles. The second-order valence-electron chi connectivity index (χ2n) is 12.6. The van der Waals surface area contributed by atoms with Gasteiger partial charge in [0.2, 0.25) is 0 Å². The van der Waals surface area contributed by atoms with Crippen LogP contribution in [0.2, 0.25) is 0 Å². The summed E-state index contributed by atoms with van der Waals surface area (Å²) in [4.78, 5) is 31.2. The highest BCUT2D eigenvalue weighted by Gasteiger charge is 2.24. The Bertz CT molecular complexity index is 1720. The van der Waals surface area contributed by atoms with Gasteiger partial charge in [-0.2, -0.15) is 0 Å². The standard InChI is InChI=1S/C40H54N4O4/c1-6-42-34-25-36-32(22-27(34)3)38(33-23-28(4)35(43-7-2)26-37(33)48-36)30-19-18-29(24-31(30)40(46)47-5)39(45)44-21-17-15-13-11-9-8-10-12-14-16-20-41/h18-19,22-26,42H,6-17,20-21,41H2,1-5H3,(H,44,45). The van der Waals surface area contributed by atoms with Crippen molar-refractivity contribution in [2.75, 3.05) is 38.6 Å². The summed E-state index contributed by atoms with van der Waals surface area (Å²) in [5.74, 6) is -0.0343. The van der Waals surface area contributed by atoms with Crippen molar-refractivity contribution >= 4 is 28.5 Å². The van der Waals surface area contributed by atoms with Crippen LogP contribution in [0.5, 0.6) is 0 Å². The Morgan fingerprint density at radius 2 is 1.52 bits per heavy atom. The minimum atomic E-state index is -0.503.